The van der Waals surface area contributed by atoms with E-state index >= 15 is 0 Å². The molecule has 2 aromatic heterocycles. The lowest BCUT2D eigenvalue weighted by Crippen LogP contribution is -2.14. The van der Waals surface area contributed by atoms with E-state index in [-0.39, 0.29) is 4.90 Å². The molecule has 0 saturated heterocycles. The van der Waals surface area contributed by atoms with Crippen LogP contribution in [0.15, 0.2) is 52.0 Å². The van der Waals surface area contributed by atoms with Crippen molar-refractivity contribution < 1.29 is 8.42 Å². The third-order valence-electron chi connectivity index (χ3n) is 3.30. The summed E-state index contributed by atoms with van der Waals surface area (Å²) in [5.41, 5.74) is 2.09. The average molecular weight is 365 g/mol. The number of halogens is 1. The van der Waals surface area contributed by atoms with Crippen molar-refractivity contribution in [1.29, 1.82) is 0 Å². The molecule has 0 saturated carbocycles. The van der Waals surface area contributed by atoms with Gasteiger partial charge in [-0.05, 0) is 54.0 Å². The molecular weight excluding hydrogens is 352 g/mol. The minimum Gasteiger partial charge on any atom is -0.236 e. The molecule has 0 atom stereocenters. The van der Waals surface area contributed by atoms with Crippen molar-refractivity contribution in [3.05, 3.63) is 58.3 Å². The molecule has 4 nitrogen and oxygen atoms in total. The molecule has 0 spiro atoms. The summed E-state index contributed by atoms with van der Waals surface area (Å²) in [4.78, 5) is 4.51. The van der Waals surface area contributed by atoms with E-state index in [1.54, 1.807) is 37.4 Å². The summed E-state index contributed by atoms with van der Waals surface area (Å²) in [5, 5.41) is 0.789. The lowest BCUT2D eigenvalue weighted by atomic mass is 10.2. The van der Waals surface area contributed by atoms with Crippen molar-refractivity contribution in [2.45, 2.75) is 18.7 Å². The second-order valence-electron chi connectivity index (χ2n) is 4.93. The van der Waals surface area contributed by atoms with Gasteiger partial charge < -0.3 is 0 Å². The minimum atomic E-state index is -3.64. The Morgan fingerprint density at radius 3 is 2.43 bits per heavy atom. The smallest absolute Gasteiger partial charge is 0.236 e. The number of rotatable bonds is 2. The first-order valence-corrected chi connectivity index (χ1v) is 8.59. The second kappa shape index (κ2) is 4.96. The van der Waals surface area contributed by atoms with Gasteiger partial charge in [-0.25, -0.2) is 17.4 Å². The van der Waals surface area contributed by atoms with Crippen LogP contribution in [0.4, 0.5) is 0 Å². The fraction of sp³-hybridized carbons (Fsp3) is 0.133. The predicted octanol–water partition coefficient (Wildman–Crippen LogP) is 3.65. The molecule has 2 heterocycles. The highest BCUT2D eigenvalue weighted by atomic mass is 79.9. The van der Waals surface area contributed by atoms with Gasteiger partial charge in [0.25, 0.3) is 10.0 Å². The van der Waals surface area contributed by atoms with Crippen LogP contribution in [0.2, 0.25) is 0 Å². The maximum absolute atomic E-state index is 12.8. The fourth-order valence-electron chi connectivity index (χ4n) is 2.29. The average Bonchev–Trinajstić information content (AvgIpc) is 2.74. The molecule has 0 bridgehead atoms. The van der Waals surface area contributed by atoms with Crippen molar-refractivity contribution in [3.8, 4) is 0 Å². The molecule has 6 heteroatoms. The van der Waals surface area contributed by atoms with Gasteiger partial charge in [-0.2, -0.15) is 0 Å². The highest BCUT2D eigenvalue weighted by Gasteiger charge is 2.22. The van der Waals surface area contributed by atoms with Crippen molar-refractivity contribution in [2.75, 3.05) is 0 Å². The third-order valence-corrected chi connectivity index (χ3v) is 5.54. The first-order valence-electron chi connectivity index (χ1n) is 6.35. The number of hydrogen-bond acceptors (Lipinski definition) is 3. The molecule has 108 valence electrons. The number of aromatic nitrogens is 2. The quantitative estimate of drug-likeness (QED) is 0.697. The molecule has 1 aromatic carbocycles. The van der Waals surface area contributed by atoms with Gasteiger partial charge in [-0.15, -0.1) is 0 Å². The van der Waals surface area contributed by atoms with E-state index in [0.717, 1.165) is 15.4 Å². The Hall–Kier alpha value is -1.66. The van der Waals surface area contributed by atoms with E-state index in [0.29, 0.717) is 11.3 Å². The maximum Gasteiger partial charge on any atom is 0.269 e. The monoisotopic (exact) mass is 364 g/mol. The highest BCUT2D eigenvalue weighted by Crippen LogP contribution is 2.26. The first-order chi connectivity index (χ1) is 9.89. The Labute approximate surface area is 131 Å². The molecule has 0 aliphatic carbocycles. The Morgan fingerprint density at radius 1 is 1.10 bits per heavy atom. The van der Waals surface area contributed by atoms with Crippen molar-refractivity contribution in [3.63, 3.8) is 0 Å². The van der Waals surface area contributed by atoms with Crippen LogP contribution < -0.4 is 0 Å². The molecule has 3 rings (SSSR count). The second-order valence-corrected chi connectivity index (χ2v) is 7.64. The highest BCUT2D eigenvalue weighted by molar-refractivity contribution is 9.10. The largest absolute Gasteiger partial charge is 0.269 e. The SMILES string of the molecule is Cc1ccc(S(=O)(=O)n2c(C)cc3cc(Br)cnc32)cc1. The molecular formula is C15H13BrN2O2S. The van der Waals surface area contributed by atoms with Crippen LogP contribution in [-0.4, -0.2) is 17.4 Å². The number of nitrogens with zero attached hydrogens (tertiary/aromatic N) is 2. The summed E-state index contributed by atoms with van der Waals surface area (Å²) in [6, 6.07) is 10.5. The predicted molar refractivity (Wildman–Crippen MR) is 85.9 cm³/mol. The van der Waals surface area contributed by atoms with Crippen LogP contribution in [0.5, 0.6) is 0 Å². The van der Waals surface area contributed by atoms with E-state index in [4.69, 9.17) is 0 Å². The van der Waals surface area contributed by atoms with Crippen molar-refractivity contribution >= 4 is 37.0 Å². The first kappa shape index (κ1) is 14.3. The number of aryl methyl sites for hydroxylation is 2. The molecule has 0 N–H and O–H groups in total. The topological polar surface area (TPSA) is 52.0 Å². The Morgan fingerprint density at radius 2 is 1.76 bits per heavy atom. The molecule has 0 unspecified atom stereocenters. The molecule has 0 fully saturated rings. The van der Waals surface area contributed by atoms with Gasteiger partial charge in [0.2, 0.25) is 0 Å². The zero-order valence-corrected chi connectivity index (χ0v) is 13.9. The van der Waals surface area contributed by atoms with Gasteiger partial charge in [0.1, 0.15) is 0 Å². The minimum absolute atomic E-state index is 0.262. The summed E-state index contributed by atoms with van der Waals surface area (Å²) >= 11 is 3.35. The summed E-state index contributed by atoms with van der Waals surface area (Å²) < 4.78 is 27.8. The normalized spacial score (nSPS) is 12.0. The molecule has 3 aromatic rings. The number of fused-ring (bicyclic) bond motifs is 1. The fourth-order valence-corrected chi connectivity index (χ4v) is 4.15. The van der Waals surface area contributed by atoms with Crippen LogP contribution in [0.3, 0.4) is 0 Å². The number of hydrogen-bond donors (Lipinski definition) is 0. The lowest BCUT2D eigenvalue weighted by molar-refractivity contribution is 0.587. The zero-order chi connectivity index (χ0) is 15.2. The van der Waals surface area contributed by atoms with E-state index in [1.807, 2.05) is 19.1 Å². The van der Waals surface area contributed by atoms with Gasteiger partial charge in [-0.1, -0.05) is 17.7 Å². The van der Waals surface area contributed by atoms with Gasteiger partial charge in [-0.3, -0.25) is 0 Å². The van der Waals surface area contributed by atoms with Crippen LogP contribution in [0.1, 0.15) is 11.3 Å². The number of benzene rings is 1. The van der Waals surface area contributed by atoms with Crippen molar-refractivity contribution in [1.82, 2.24) is 8.96 Å². The van der Waals surface area contributed by atoms with Crippen LogP contribution in [0, 0.1) is 13.8 Å². The zero-order valence-electron chi connectivity index (χ0n) is 11.5. The molecule has 21 heavy (non-hydrogen) atoms. The van der Waals surface area contributed by atoms with Gasteiger partial charge >= 0.3 is 0 Å². The van der Waals surface area contributed by atoms with Crippen LogP contribution in [0.25, 0.3) is 11.0 Å². The van der Waals surface area contributed by atoms with Gasteiger partial charge in [0.15, 0.2) is 5.65 Å². The number of pyridine rings is 1. The summed E-state index contributed by atoms with van der Waals surface area (Å²) in [6.07, 6.45) is 1.60. The lowest BCUT2D eigenvalue weighted by Gasteiger charge is -2.09. The molecule has 0 aliphatic rings. The Kier molecular flexibility index (Phi) is 3.37. The van der Waals surface area contributed by atoms with E-state index in [1.165, 1.54) is 3.97 Å². The Balaban J connectivity index is 2.28. The van der Waals surface area contributed by atoms with Gasteiger partial charge in [0.05, 0.1) is 4.90 Å². The summed E-state index contributed by atoms with van der Waals surface area (Å²) in [7, 11) is -3.64. The van der Waals surface area contributed by atoms with E-state index in [2.05, 4.69) is 20.9 Å². The Bertz CT molecular complexity index is 928. The van der Waals surface area contributed by atoms with Crippen LogP contribution >= 0.6 is 15.9 Å². The van der Waals surface area contributed by atoms with E-state index < -0.39 is 10.0 Å². The summed E-state index contributed by atoms with van der Waals surface area (Å²) in [6.45, 7) is 3.69. The standard InChI is InChI=1S/C15H13BrN2O2S/c1-10-3-5-14(6-4-10)21(19,20)18-11(2)7-12-8-13(16)9-17-15(12)18/h3-9H,1-2H3. The molecule has 0 radical (unpaired) electrons. The van der Waals surface area contributed by atoms with E-state index in [9.17, 15) is 8.42 Å². The molecule has 0 amide bonds. The maximum atomic E-state index is 12.8. The van der Waals surface area contributed by atoms with Crippen molar-refractivity contribution in [2.24, 2.45) is 0 Å². The van der Waals surface area contributed by atoms with Gasteiger partial charge in [0, 0.05) is 21.7 Å². The molecule has 0 aliphatic heterocycles. The third kappa shape index (κ3) is 2.38. The summed E-state index contributed by atoms with van der Waals surface area (Å²) in [5.74, 6) is 0. The van der Waals surface area contributed by atoms with Crippen LogP contribution in [-0.2, 0) is 10.0 Å².